The van der Waals surface area contributed by atoms with E-state index in [2.05, 4.69) is 15.6 Å². The number of benzene rings is 3. The summed E-state index contributed by atoms with van der Waals surface area (Å²) < 4.78 is 5.13. The van der Waals surface area contributed by atoms with Crippen molar-refractivity contribution in [1.29, 1.82) is 0 Å². The Kier molecular flexibility index (Phi) is 10.8. The predicted molar refractivity (Wildman–Crippen MR) is 161 cm³/mol. The summed E-state index contributed by atoms with van der Waals surface area (Å²) in [5.41, 5.74) is 4.25. The molecule has 0 aliphatic carbocycles. The maximum absolute atomic E-state index is 13.0. The molecule has 4 aromatic rings. The van der Waals surface area contributed by atoms with Gasteiger partial charge in [0.1, 0.15) is 6.54 Å². The van der Waals surface area contributed by atoms with Gasteiger partial charge in [-0.3, -0.25) is 14.4 Å². The van der Waals surface area contributed by atoms with E-state index in [1.165, 1.54) is 16.2 Å². The van der Waals surface area contributed by atoms with Gasteiger partial charge in [0, 0.05) is 24.6 Å². The molecule has 1 heterocycles. The van der Waals surface area contributed by atoms with Crippen LogP contribution >= 0.6 is 11.3 Å². The molecule has 41 heavy (non-hydrogen) atoms. The Balaban J connectivity index is 1.35. The topological polar surface area (TPSA) is 101 Å². The molecule has 0 saturated heterocycles. The summed E-state index contributed by atoms with van der Waals surface area (Å²) in [6.45, 7) is 2.37. The summed E-state index contributed by atoms with van der Waals surface area (Å²) in [5, 5.41) is 8.02. The molecule has 0 bridgehead atoms. The molecule has 0 spiro atoms. The molecule has 2 N–H and O–H groups in total. The number of hydrogen-bond acceptors (Lipinski definition) is 6. The van der Waals surface area contributed by atoms with Crippen molar-refractivity contribution in [3.05, 3.63) is 118 Å². The van der Waals surface area contributed by atoms with Crippen LogP contribution in [0.25, 0.3) is 0 Å². The Morgan fingerprint density at radius 1 is 0.927 bits per heavy atom. The highest BCUT2D eigenvalue weighted by molar-refractivity contribution is 7.13. The van der Waals surface area contributed by atoms with Gasteiger partial charge in [0.2, 0.25) is 11.8 Å². The second-order valence-electron chi connectivity index (χ2n) is 9.67. The van der Waals surface area contributed by atoms with Crippen molar-refractivity contribution >= 4 is 34.2 Å². The lowest BCUT2D eigenvalue weighted by Crippen LogP contribution is -2.40. The Bertz CT molecular complexity index is 1430. The second-order valence-corrected chi connectivity index (χ2v) is 10.5. The molecule has 1 unspecified atom stereocenters. The largest absolute Gasteiger partial charge is 0.383 e. The van der Waals surface area contributed by atoms with Gasteiger partial charge in [-0.05, 0) is 36.6 Å². The third kappa shape index (κ3) is 9.09. The van der Waals surface area contributed by atoms with Crippen molar-refractivity contribution in [2.75, 3.05) is 32.1 Å². The standard InChI is InChI=1S/C32H34N4O4S/c1-23-13-15-26(16-14-23)31(39)36(17-18-40-2)21-30(38)35-32-33-27(22-41-32)20-29(37)34-28(25-11-7-4-8-12-25)19-24-9-5-3-6-10-24/h3-16,22,28H,17-21H2,1-2H3,(H,34,37)(H,33,35,38). The molecule has 8 nitrogen and oxygen atoms in total. The van der Waals surface area contributed by atoms with Crippen LogP contribution in [-0.2, 0) is 27.2 Å². The molecule has 212 valence electrons. The van der Waals surface area contributed by atoms with Crippen LogP contribution < -0.4 is 10.6 Å². The van der Waals surface area contributed by atoms with E-state index in [-0.39, 0.29) is 43.3 Å². The van der Waals surface area contributed by atoms with Crippen molar-refractivity contribution in [2.45, 2.75) is 25.8 Å². The van der Waals surface area contributed by atoms with E-state index in [0.717, 1.165) is 16.7 Å². The van der Waals surface area contributed by atoms with Gasteiger partial charge in [0.25, 0.3) is 5.91 Å². The third-order valence-corrected chi connectivity index (χ3v) is 7.25. The van der Waals surface area contributed by atoms with Crippen molar-refractivity contribution in [1.82, 2.24) is 15.2 Å². The smallest absolute Gasteiger partial charge is 0.254 e. The molecule has 3 aromatic carbocycles. The lowest BCUT2D eigenvalue weighted by atomic mass is 9.98. The number of hydrogen-bond donors (Lipinski definition) is 2. The van der Waals surface area contributed by atoms with Gasteiger partial charge in [-0.2, -0.15) is 0 Å². The van der Waals surface area contributed by atoms with Crippen LogP contribution in [0, 0.1) is 6.92 Å². The molecule has 0 aliphatic heterocycles. The average Bonchev–Trinajstić information content (AvgIpc) is 3.42. The third-order valence-electron chi connectivity index (χ3n) is 6.45. The quantitative estimate of drug-likeness (QED) is 0.240. The van der Waals surface area contributed by atoms with Gasteiger partial charge in [-0.15, -0.1) is 11.3 Å². The Morgan fingerprint density at radius 2 is 1.61 bits per heavy atom. The molecule has 4 rings (SSSR count). The highest BCUT2D eigenvalue weighted by Crippen LogP contribution is 2.20. The first-order valence-corrected chi connectivity index (χ1v) is 14.3. The number of nitrogens with zero attached hydrogens (tertiary/aromatic N) is 2. The number of nitrogens with one attached hydrogen (secondary N) is 2. The summed E-state index contributed by atoms with van der Waals surface area (Å²) in [6, 6.07) is 26.9. The number of amides is 3. The molecule has 3 amide bonds. The summed E-state index contributed by atoms with van der Waals surface area (Å²) >= 11 is 1.24. The molecule has 9 heteroatoms. The lowest BCUT2D eigenvalue weighted by Gasteiger charge is -2.21. The van der Waals surface area contributed by atoms with E-state index in [1.807, 2.05) is 79.7 Å². The Labute approximate surface area is 244 Å². The molecular formula is C32H34N4O4S. The molecule has 0 fully saturated rings. The number of ether oxygens (including phenoxy) is 1. The fourth-order valence-corrected chi connectivity index (χ4v) is 5.03. The average molecular weight is 571 g/mol. The van der Waals surface area contributed by atoms with Crippen LogP contribution in [0.4, 0.5) is 5.13 Å². The van der Waals surface area contributed by atoms with Gasteiger partial charge in [-0.25, -0.2) is 4.98 Å². The van der Waals surface area contributed by atoms with Crippen LogP contribution in [0.3, 0.4) is 0 Å². The monoisotopic (exact) mass is 570 g/mol. The minimum Gasteiger partial charge on any atom is -0.383 e. The zero-order valence-electron chi connectivity index (χ0n) is 23.2. The molecular weight excluding hydrogens is 536 g/mol. The van der Waals surface area contributed by atoms with Crippen molar-refractivity contribution in [3.8, 4) is 0 Å². The van der Waals surface area contributed by atoms with Crippen LogP contribution in [0.2, 0.25) is 0 Å². The minimum atomic E-state index is -0.376. The van der Waals surface area contributed by atoms with Crippen LogP contribution in [0.5, 0.6) is 0 Å². The predicted octanol–water partition coefficient (Wildman–Crippen LogP) is 4.82. The summed E-state index contributed by atoms with van der Waals surface area (Å²) in [5.74, 6) is -0.788. The summed E-state index contributed by atoms with van der Waals surface area (Å²) in [4.78, 5) is 44.7. The van der Waals surface area contributed by atoms with Crippen LogP contribution in [0.1, 0.15) is 38.8 Å². The van der Waals surface area contributed by atoms with Crippen LogP contribution in [-0.4, -0.2) is 54.4 Å². The number of carbonyl (C=O) groups excluding carboxylic acids is 3. The SMILES string of the molecule is COCCN(CC(=O)Nc1nc(CC(=O)NC(Cc2ccccc2)c2ccccc2)cs1)C(=O)c1ccc(C)cc1. The maximum atomic E-state index is 13.0. The van der Waals surface area contributed by atoms with E-state index in [1.54, 1.807) is 24.6 Å². The number of aryl methyl sites for hydroxylation is 1. The molecule has 0 saturated carbocycles. The van der Waals surface area contributed by atoms with E-state index in [9.17, 15) is 14.4 Å². The van der Waals surface area contributed by atoms with Gasteiger partial charge in [0.15, 0.2) is 5.13 Å². The van der Waals surface area contributed by atoms with Crippen molar-refractivity contribution in [2.24, 2.45) is 0 Å². The number of rotatable bonds is 13. The highest BCUT2D eigenvalue weighted by Gasteiger charge is 2.20. The van der Waals surface area contributed by atoms with Gasteiger partial charge in [0.05, 0.1) is 24.8 Å². The molecule has 0 radical (unpaired) electrons. The van der Waals surface area contributed by atoms with E-state index >= 15 is 0 Å². The fourth-order valence-electron chi connectivity index (χ4n) is 4.31. The molecule has 0 aliphatic rings. The first kappa shape index (κ1) is 29.6. The number of methoxy groups -OCH3 is 1. The van der Waals surface area contributed by atoms with Crippen LogP contribution in [0.15, 0.2) is 90.3 Å². The first-order valence-electron chi connectivity index (χ1n) is 13.4. The van der Waals surface area contributed by atoms with E-state index < -0.39 is 0 Å². The summed E-state index contributed by atoms with van der Waals surface area (Å²) in [7, 11) is 1.55. The minimum absolute atomic E-state index is 0.0797. The van der Waals surface area contributed by atoms with E-state index in [0.29, 0.717) is 29.4 Å². The fraction of sp³-hybridized carbons (Fsp3) is 0.250. The number of thiazole rings is 1. The van der Waals surface area contributed by atoms with Gasteiger partial charge in [-0.1, -0.05) is 78.4 Å². The first-order chi connectivity index (χ1) is 19.9. The zero-order valence-corrected chi connectivity index (χ0v) is 24.0. The normalized spacial score (nSPS) is 11.5. The summed E-state index contributed by atoms with van der Waals surface area (Å²) in [6.07, 6.45) is 0.742. The van der Waals surface area contributed by atoms with Crippen molar-refractivity contribution in [3.63, 3.8) is 0 Å². The van der Waals surface area contributed by atoms with Gasteiger partial charge < -0.3 is 20.3 Å². The number of aromatic nitrogens is 1. The van der Waals surface area contributed by atoms with E-state index in [4.69, 9.17) is 4.74 Å². The second kappa shape index (κ2) is 14.9. The lowest BCUT2D eigenvalue weighted by molar-refractivity contribution is -0.121. The zero-order chi connectivity index (χ0) is 29.0. The highest BCUT2D eigenvalue weighted by atomic mass is 32.1. The Hall–Kier alpha value is -4.34. The van der Waals surface area contributed by atoms with Gasteiger partial charge >= 0.3 is 0 Å². The number of carbonyl (C=O) groups is 3. The molecule has 1 atom stereocenters. The Morgan fingerprint density at radius 3 is 2.29 bits per heavy atom. The maximum Gasteiger partial charge on any atom is 0.254 e. The molecule has 1 aromatic heterocycles. The number of anilines is 1. The van der Waals surface area contributed by atoms with Crippen molar-refractivity contribution < 1.29 is 19.1 Å².